The number of aromatic hydroxyl groups is 1. The van der Waals surface area contributed by atoms with Crippen LogP contribution in [0.15, 0.2) is 48.7 Å². The Morgan fingerprint density at radius 3 is 2.96 bits per heavy atom. The van der Waals surface area contributed by atoms with Crippen LogP contribution < -0.4 is 0 Å². The second-order valence-electron chi connectivity index (χ2n) is 6.66. The number of phenols is 1. The van der Waals surface area contributed by atoms with E-state index in [9.17, 15) is 9.90 Å². The predicted octanol–water partition coefficient (Wildman–Crippen LogP) is 2.70. The van der Waals surface area contributed by atoms with Crippen LogP contribution in [0.1, 0.15) is 22.5 Å². The first-order valence-corrected chi connectivity index (χ1v) is 9.36. The lowest BCUT2D eigenvalue weighted by Crippen LogP contribution is -2.60. The Balaban J connectivity index is 1.29. The van der Waals surface area contributed by atoms with Crippen molar-refractivity contribution in [3.05, 3.63) is 59.9 Å². The molecular formula is C19H20N2O3S. The number of rotatable bonds is 4. The van der Waals surface area contributed by atoms with Crippen molar-refractivity contribution in [2.75, 3.05) is 18.8 Å². The number of pyridine rings is 1. The summed E-state index contributed by atoms with van der Waals surface area (Å²) in [4.78, 5) is 18.6. The van der Waals surface area contributed by atoms with Gasteiger partial charge < -0.3 is 14.7 Å². The lowest BCUT2D eigenvalue weighted by Gasteiger charge is -2.47. The normalized spacial score (nSPS) is 21.3. The quantitative estimate of drug-likeness (QED) is 0.913. The van der Waals surface area contributed by atoms with Crippen LogP contribution >= 0.6 is 11.8 Å². The van der Waals surface area contributed by atoms with Crippen LogP contribution in [0, 0.1) is 0 Å². The lowest BCUT2D eigenvalue weighted by molar-refractivity contribution is 0.0245. The van der Waals surface area contributed by atoms with Gasteiger partial charge in [0.15, 0.2) is 0 Å². The highest BCUT2D eigenvalue weighted by atomic mass is 32.2. The molecule has 1 N–H and O–H groups in total. The first-order chi connectivity index (χ1) is 12.1. The molecule has 2 aliphatic rings. The molecule has 1 amide bonds. The summed E-state index contributed by atoms with van der Waals surface area (Å²) < 4.78 is 6.12. The molecule has 2 aromatic rings. The summed E-state index contributed by atoms with van der Waals surface area (Å²) in [6.07, 6.45) is 2.96. The van der Waals surface area contributed by atoms with Gasteiger partial charge in [-0.2, -0.15) is 0 Å². The Hall–Kier alpha value is -2.05. The zero-order valence-electron chi connectivity index (χ0n) is 13.8. The monoisotopic (exact) mass is 356 g/mol. The van der Waals surface area contributed by atoms with Gasteiger partial charge in [-0.1, -0.05) is 12.1 Å². The molecule has 4 rings (SSSR count). The van der Waals surface area contributed by atoms with Crippen LogP contribution in [-0.4, -0.2) is 50.6 Å². The van der Waals surface area contributed by atoms with Crippen LogP contribution in [0.2, 0.25) is 0 Å². The molecule has 0 unspecified atom stereocenters. The molecule has 0 aliphatic carbocycles. The van der Waals surface area contributed by atoms with Gasteiger partial charge in [-0.3, -0.25) is 9.78 Å². The standard InChI is InChI=1S/C19H20N2O3S/c22-16-6-3-4-14(8-16)18(23)21-12-19(13-21)9-17(11-25-19)24-10-15-5-1-2-7-20-15/h1-8,17,22H,9-13H2/t17-/m1/s1. The second-order valence-corrected chi connectivity index (χ2v) is 8.15. The number of carbonyl (C=O) groups excluding carboxylic acids is 1. The van der Waals surface area contributed by atoms with Gasteiger partial charge in [0.2, 0.25) is 0 Å². The number of aromatic nitrogens is 1. The first-order valence-electron chi connectivity index (χ1n) is 8.37. The summed E-state index contributed by atoms with van der Waals surface area (Å²) in [7, 11) is 0. The number of hydrogen-bond donors (Lipinski definition) is 1. The van der Waals surface area contributed by atoms with E-state index >= 15 is 0 Å². The van der Waals surface area contributed by atoms with Crippen molar-refractivity contribution in [1.29, 1.82) is 0 Å². The molecule has 130 valence electrons. The fraction of sp³-hybridized carbons (Fsp3) is 0.368. The number of likely N-dealkylation sites (tertiary alicyclic amines) is 1. The summed E-state index contributed by atoms with van der Waals surface area (Å²) in [5.41, 5.74) is 1.49. The maximum atomic E-state index is 12.5. The van der Waals surface area contributed by atoms with Crippen LogP contribution in [-0.2, 0) is 11.3 Å². The Bertz CT molecular complexity index is 762. The Morgan fingerprint density at radius 2 is 2.20 bits per heavy atom. The molecule has 0 saturated carbocycles. The predicted molar refractivity (Wildman–Crippen MR) is 96.6 cm³/mol. The largest absolute Gasteiger partial charge is 0.508 e. The maximum Gasteiger partial charge on any atom is 0.254 e. The van der Waals surface area contributed by atoms with Crippen molar-refractivity contribution in [2.24, 2.45) is 0 Å². The first kappa shape index (κ1) is 16.4. The van der Waals surface area contributed by atoms with E-state index in [1.54, 1.807) is 24.4 Å². The number of phenolic OH excluding ortho intramolecular Hbond substituents is 1. The van der Waals surface area contributed by atoms with Crippen molar-refractivity contribution in [3.63, 3.8) is 0 Å². The summed E-state index contributed by atoms with van der Waals surface area (Å²) >= 11 is 1.91. The summed E-state index contributed by atoms with van der Waals surface area (Å²) in [5, 5.41) is 9.53. The smallest absolute Gasteiger partial charge is 0.254 e. The Kier molecular flexibility index (Phi) is 4.39. The number of benzene rings is 1. The van der Waals surface area contributed by atoms with Crippen molar-refractivity contribution >= 4 is 17.7 Å². The van der Waals surface area contributed by atoms with E-state index in [4.69, 9.17) is 4.74 Å². The van der Waals surface area contributed by atoms with Crippen molar-refractivity contribution < 1.29 is 14.6 Å². The van der Waals surface area contributed by atoms with Crippen molar-refractivity contribution in [1.82, 2.24) is 9.88 Å². The number of thioether (sulfide) groups is 1. The van der Waals surface area contributed by atoms with E-state index in [1.807, 2.05) is 34.9 Å². The van der Waals surface area contributed by atoms with Crippen molar-refractivity contribution in [3.8, 4) is 5.75 Å². The van der Waals surface area contributed by atoms with Gasteiger partial charge in [0.25, 0.3) is 5.91 Å². The molecular weight excluding hydrogens is 336 g/mol. The molecule has 0 bridgehead atoms. The molecule has 2 fully saturated rings. The highest BCUT2D eigenvalue weighted by molar-refractivity contribution is 8.01. The van der Waals surface area contributed by atoms with E-state index in [1.165, 1.54) is 6.07 Å². The van der Waals surface area contributed by atoms with Gasteiger partial charge in [0.1, 0.15) is 5.75 Å². The zero-order valence-corrected chi connectivity index (χ0v) is 14.6. The number of amides is 1. The molecule has 2 aliphatic heterocycles. The topological polar surface area (TPSA) is 62.7 Å². The van der Waals surface area contributed by atoms with Gasteiger partial charge in [0, 0.05) is 30.6 Å². The maximum absolute atomic E-state index is 12.5. The van der Waals surface area contributed by atoms with Crippen LogP contribution in [0.3, 0.4) is 0 Å². The minimum atomic E-state index is -0.0139. The third kappa shape index (κ3) is 3.50. The summed E-state index contributed by atoms with van der Waals surface area (Å²) in [5.74, 6) is 1.07. The second kappa shape index (κ2) is 6.69. The van der Waals surface area contributed by atoms with Crippen LogP contribution in [0.25, 0.3) is 0 Å². The van der Waals surface area contributed by atoms with Crippen LogP contribution in [0.5, 0.6) is 5.75 Å². The van der Waals surface area contributed by atoms with E-state index in [-0.39, 0.29) is 22.5 Å². The average molecular weight is 356 g/mol. The molecule has 1 spiro atoms. The third-order valence-electron chi connectivity index (χ3n) is 4.71. The number of ether oxygens (including phenoxy) is 1. The molecule has 2 saturated heterocycles. The van der Waals surface area contributed by atoms with E-state index in [2.05, 4.69) is 4.98 Å². The average Bonchev–Trinajstić information content (AvgIpc) is 3.04. The highest BCUT2D eigenvalue weighted by Crippen LogP contribution is 2.46. The molecule has 5 nitrogen and oxygen atoms in total. The van der Waals surface area contributed by atoms with Gasteiger partial charge >= 0.3 is 0 Å². The van der Waals surface area contributed by atoms with Gasteiger partial charge in [-0.25, -0.2) is 0 Å². The molecule has 1 atom stereocenters. The molecule has 3 heterocycles. The lowest BCUT2D eigenvalue weighted by atomic mass is 9.92. The summed E-state index contributed by atoms with van der Waals surface area (Å²) in [6.45, 7) is 2.03. The fourth-order valence-corrected chi connectivity index (χ4v) is 4.98. The molecule has 1 aromatic carbocycles. The number of nitrogens with zero attached hydrogens (tertiary/aromatic N) is 2. The highest BCUT2D eigenvalue weighted by Gasteiger charge is 2.51. The minimum absolute atomic E-state index is 0.0139. The van der Waals surface area contributed by atoms with E-state index < -0.39 is 0 Å². The SMILES string of the molecule is O=C(c1cccc(O)c1)N1CC2(C[C@@H](OCc3ccccn3)CS2)C1. The molecule has 1 aromatic heterocycles. The van der Waals surface area contributed by atoms with E-state index in [0.29, 0.717) is 12.2 Å². The summed E-state index contributed by atoms with van der Waals surface area (Å²) in [6, 6.07) is 12.4. The van der Waals surface area contributed by atoms with Gasteiger partial charge in [-0.05, 0) is 36.8 Å². The van der Waals surface area contributed by atoms with Crippen molar-refractivity contribution in [2.45, 2.75) is 23.9 Å². The minimum Gasteiger partial charge on any atom is -0.508 e. The Labute approximate surface area is 151 Å². The third-order valence-corrected chi connectivity index (χ3v) is 6.28. The van der Waals surface area contributed by atoms with Crippen LogP contribution in [0.4, 0.5) is 0 Å². The molecule has 25 heavy (non-hydrogen) atoms. The molecule has 0 radical (unpaired) electrons. The number of carbonyl (C=O) groups is 1. The zero-order chi connectivity index (χ0) is 17.3. The van der Waals surface area contributed by atoms with Gasteiger partial charge in [0.05, 0.1) is 23.2 Å². The van der Waals surface area contributed by atoms with E-state index in [0.717, 1.165) is 31.0 Å². The fourth-order valence-electron chi connectivity index (χ4n) is 3.43. The van der Waals surface area contributed by atoms with Gasteiger partial charge in [-0.15, -0.1) is 11.8 Å². The number of hydrogen-bond acceptors (Lipinski definition) is 5. The Morgan fingerprint density at radius 1 is 1.32 bits per heavy atom. The molecule has 6 heteroatoms.